The Hall–Kier alpha value is -4.00. The van der Waals surface area contributed by atoms with Crippen molar-refractivity contribution in [3.8, 4) is 11.8 Å². The number of ether oxygens (including phenoxy) is 1. The van der Waals surface area contributed by atoms with Gasteiger partial charge in [-0.3, -0.25) is 9.59 Å². The Morgan fingerprint density at radius 2 is 1.74 bits per heavy atom. The number of nitriles is 1. The first-order chi connectivity index (χ1) is 18.3. The largest absolute Gasteiger partial charge is 0.495 e. The molecule has 1 atom stereocenters. The minimum Gasteiger partial charge on any atom is -0.495 e. The van der Waals surface area contributed by atoms with E-state index in [1.807, 2.05) is 69.3 Å². The van der Waals surface area contributed by atoms with Crippen LogP contribution in [0.4, 0.5) is 11.4 Å². The monoisotopic (exact) mass is 544 g/mol. The molecule has 3 aromatic rings. The zero-order valence-corrected chi connectivity index (χ0v) is 23.2. The highest BCUT2D eigenvalue weighted by Gasteiger charge is 2.36. The maximum atomic E-state index is 13.6. The number of carbonyl (C=O) groups is 2. The lowest BCUT2D eigenvalue weighted by Crippen LogP contribution is -2.31. The Morgan fingerprint density at radius 1 is 1.03 bits per heavy atom. The molecule has 0 fully saturated rings. The van der Waals surface area contributed by atoms with E-state index in [9.17, 15) is 14.9 Å². The minimum atomic E-state index is -0.573. The van der Waals surface area contributed by atoms with Crippen molar-refractivity contribution in [1.29, 1.82) is 5.26 Å². The Bertz CT molecular complexity index is 1480. The predicted octanol–water partition coefficient (Wildman–Crippen LogP) is 6.08. The molecule has 0 saturated carbocycles. The van der Waals surface area contributed by atoms with Gasteiger partial charge in [0.15, 0.2) is 0 Å². The van der Waals surface area contributed by atoms with Crippen molar-refractivity contribution < 1.29 is 14.3 Å². The summed E-state index contributed by atoms with van der Waals surface area (Å²) in [5.74, 6) is -0.436. The number of methoxy groups -OCH3 is 1. The molecule has 4 rings (SSSR count). The fourth-order valence-electron chi connectivity index (χ4n) is 4.20. The molecule has 0 radical (unpaired) electrons. The first-order valence-corrected chi connectivity index (χ1v) is 13.7. The van der Waals surface area contributed by atoms with E-state index in [0.29, 0.717) is 33.3 Å². The first kappa shape index (κ1) is 27.0. The van der Waals surface area contributed by atoms with E-state index >= 15 is 0 Å². The Morgan fingerprint density at radius 3 is 2.39 bits per heavy atom. The lowest BCUT2D eigenvalue weighted by atomic mass is 9.86. The number of rotatable bonds is 8. The van der Waals surface area contributed by atoms with E-state index in [-0.39, 0.29) is 17.6 Å². The maximum Gasteiger partial charge on any atom is 0.254 e. The number of nitrogens with one attached hydrogen (secondary N) is 3. The number of nitrogens with zero attached hydrogens (tertiary/aromatic N) is 1. The molecule has 0 bridgehead atoms. The highest BCUT2D eigenvalue weighted by molar-refractivity contribution is 8.03. The third-order valence-electron chi connectivity index (χ3n) is 6.06. The highest BCUT2D eigenvalue weighted by atomic mass is 32.2. The molecule has 2 amide bonds. The summed E-state index contributed by atoms with van der Waals surface area (Å²) in [5, 5.41) is 19.9. The van der Waals surface area contributed by atoms with Crippen molar-refractivity contribution in [1.82, 2.24) is 5.32 Å². The number of carbonyl (C=O) groups excluding carboxylic acids is 2. The Labute approximate surface area is 230 Å². The standard InChI is InChI=1S/C29H28N4O3S2/c1-17-9-5-6-10-21(17)32-25(34)16-37-29-20(15-30)27(24-14-13-18(2)38-24)26(19(3)31-29)28(35)33-22-11-7-8-12-23(22)36-4/h5-14,27,31H,16H2,1-4H3,(H,32,34)(H,33,35)/t27-/m1/s1. The molecular weight excluding hydrogens is 516 g/mol. The topological polar surface area (TPSA) is 103 Å². The van der Waals surface area contributed by atoms with Crippen LogP contribution in [0.25, 0.3) is 0 Å². The number of hydrogen-bond donors (Lipinski definition) is 3. The van der Waals surface area contributed by atoms with E-state index in [1.165, 1.54) is 23.1 Å². The first-order valence-electron chi connectivity index (χ1n) is 11.9. The fourth-order valence-corrected chi connectivity index (χ4v) is 6.08. The van der Waals surface area contributed by atoms with Crippen molar-refractivity contribution >= 4 is 46.3 Å². The predicted molar refractivity (Wildman–Crippen MR) is 154 cm³/mol. The number of anilines is 2. The van der Waals surface area contributed by atoms with Crippen molar-refractivity contribution in [3.63, 3.8) is 0 Å². The van der Waals surface area contributed by atoms with Crippen LogP contribution in [-0.4, -0.2) is 24.7 Å². The second-order valence-corrected chi connectivity index (χ2v) is 11.0. The van der Waals surface area contributed by atoms with Crippen LogP contribution < -0.4 is 20.7 Å². The van der Waals surface area contributed by atoms with Gasteiger partial charge in [-0.25, -0.2) is 0 Å². The lowest BCUT2D eigenvalue weighted by molar-refractivity contribution is -0.114. The van der Waals surface area contributed by atoms with Gasteiger partial charge in [-0.2, -0.15) is 5.26 Å². The number of dihydropyridines is 1. The number of thioether (sulfide) groups is 1. The van der Waals surface area contributed by atoms with Crippen molar-refractivity contribution in [2.75, 3.05) is 23.5 Å². The summed E-state index contributed by atoms with van der Waals surface area (Å²) in [6.45, 7) is 5.73. The van der Waals surface area contributed by atoms with Crippen LogP contribution in [0.5, 0.6) is 5.75 Å². The van der Waals surface area contributed by atoms with Crippen LogP contribution >= 0.6 is 23.1 Å². The summed E-state index contributed by atoms with van der Waals surface area (Å²) in [6, 6.07) is 21.0. The molecule has 1 aliphatic heterocycles. The molecule has 3 N–H and O–H groups in total. The second-order valence-electron chi connectivity index (χ2n) is 8.71. The van der Waals surface area contributed by atoms with Crippen LogP contribution in [-0.2, 0) is 9.59 Å². The van der Waals surface area contributed by atoms with E-state index in [4.69, 9.17) is 4.74 Å². The normalized spacial score (nSPS) is 15.0. The molecule has 2 heterocycles. The van der Waals surface area contributed by atoms with E-state index in [2.05, 4.69) is 22.0 Å². The van der Waals surface area contributed by atoms with Gasteiger partial charge < -0.3 is 20.7 Å². The van der Waals surface area contributed by atoms with Crippen LogP contribution in [0, 0.1) is 25.2 Å². The van der Waals surface area contributed by atoms with Gasteiger partial charge in [0.2, 0.25) is 5.91 Å². The van der Waals surface area contributed by atoms with Gasteiger partial charge in [-0.1, -0.05) is 42.1 Å². The van der Waals surface area contributed by atoms with Gasteiger partial charge in [0.25, 0.3) is 5.91 Å². The summed E-state index contributed by atoms with van der Waals surface area (Å²) >= 11 is 2.79. The molecule has 194 valence electrons. The Balaban J connectivity index is 1.63. The average molecular weight is 545 g/mol. The second kappa shape index (κ2) is 12.0. The summed E-state index contributed by atoms with van der Waals surface area (Å²) < 4.78 is 5.39. The van der Waals surface area contributed by atoms with Gasteiger partial charge >= 0.3 is 0 Å². The molecule has 1 aliphatic rings. The molecular formula is C29H28N4O3S2. The number of aryl methyl sites for hydroxylation is 2. The summed E-state index contributed by atoms with van der Waals surface area (Å²) in [5.41, 5.74) is 3.73. The number of benzene rings is 2. The molecule has 9 heteroatoms. The van der Waals surface area contributed by atoms with Crippen molar-refractivity contribution in [3.05, 3.63) is 97.9 Å². The fraction of sp³-hybridized carbons (Fsp3) is 0.207. The average Bonchev–Trinajstić information content (AvgIpc) is 3.34. The number of para-hydroxylation sites is 3. The lowest BCUT2D eigenvalue weighted by Gasteiger charge is -2.29. The van der Waals surface area contributed by atoms with Gasteiger partial charge in [0.1, 0.15) is 5.75 Å². The molecule has 38 heavy (non-hydrogen) atoms. The van der Waals surface area contributed by atoms with Crippen LogP contribution in [0.2, 0.25) is 0 Å². The minimum absolute atomic E-state index is 0.105. The third kappa shape index (κ3) is 5.93. The summed E-state index contributed by atoms with van der Waals surface area (Å²) in [7, 11) is 1.55. The zero-order valence-electron chi connectivity index (χ0n) is 21.5. The number of amides is 2. The third-order valence-corrected chi connectivity index (χ3v) is 8.14. The number of thiophene rings is 1. The van der Waals surface area contributed by atoms with Gasteiger partial charge in [0, 0.05) is 26.7 Å². The highest BCUT2D eigenvalue weighted by Crippen LogP contribution is 2.43. The zero-order chi connectivity index (χ0) is 27.2. The van der Waals surface area contributed by atoms with Gasteiger partial charge in [-0.05, 0) is 56.7 Å². The Kier molecular flexibility index (Phi) is 8.56. The quantitative estimate of drug-likeness (QED) is 0.318. The van der Waals surface area contributed by atoms with Crippen LogP contribution in [0.15, 0.2) is 82.5 Å². The van der Waals surface area contributed by atoms with Gasteiger partial charge in [-0.15, -0.1) is 11.3 Å². The number of allylic oxidation sites excluding steroid dienone is 2. The molecule has 0 aliphatic carbocycles. The van der Waals surface area contributed by atoms with Crippen LogP contribution in [0.3, 0.4) is 0 Å². The number of hydrogen-bond acceptors (Lipinski definition) is 7. The van der Waals surface area contributed by atoms with Crippen molar-refractivity contribution in [2.45, 2.75) is 26.7 Å². The smallest absolute Gasteiger partial charge is 0.254 e. The molecule has 7 nitrogen and oxygen atoms in total. The molecule has 2 aromatic carbocycles. The molecule has 1 aromatic heterocycles. The molecule has 0 saturated heterocycles. The van der Waals surface area contributed by atoms with Crippen LogP contribution in [0.1, 0.15) is 28.2 Å². The SMILES string of the molecule is COc1ccccc1NC(=O)C1=C(C)NC(SCC(=O)Nc2ccccc2C)=C(C#N)[C@@H]1c1ccc(C)s1. The molecule has 0 spiro atoms. The molecule has 0 unspecified atom stereocenters. The van der Waals surface area contributed by atoms with E-state index in [0.717, 1.165) is 21.0 Å². The summed E-state index contributed by atoms with van der Waals surface area (Å²) in [6.07, 6.45) is 0. The summed E-state index contributed by atoms with van der Waals surface area (Å²) in [4.78, 5) is 28.3. The van der Waals surface area contributed by atoms with E-state index in [1.54, 1.807) is 19.2 Å². The van der Waals surface area contributed by atoms with Gasteiger partial charge in [0.05, 0.1) is 41.1 Å². The maximum absolute atomic E-state index is 13.6. The van der Waals surface area contributed by atoms with E-state index < -0.39 is 5.92 Å². The van der Waals surface area contributed by atoms with Crippen molar-refractivity contribution in [2.24, 2.45) is 0 Å².